The molecule has 1 unspecified atom stereocenters. The molecule has 1 N–H and O–H groups in total. The van der Waals surface area contributed by atoms with Crippen molar-refractivity contribution in [3.8, 4) is 22.9 Å². The van der Waals surface area contributed by atoms with E-state index in [1.165, 1.54) is 11.8 Å². The van der Waals surface area contributed by atoms with Gasteiger partial charge in [0.05, 0.1) is 13.2 Å². The van der Waals surface area contributed by atoms with E-state index in [1.54, 1.807) is 7.11 Å². The highest BCUT2D eigenvalue weighted by molar-refractivity contribution is 7.99. The van der Waals surface area contributed by atoms with Gasteiger partial charge in [-0.1, -0.05) is 30.0 Å². The molecular weight excluding hydrogens is 350 g/mol. The zero-order chi connectivity index (χ0) is 18.4. The number of benzene rings is 2. The lowest BCUT2D eigenvalue weighted by Crippen LogP contribution is -2.20. The molecule has 0 fully saturated rings. The third kappa shape index (κ3) is 4.56. The number of para-hydroxylation sites is 1. The van der Waals surface area contributed by atoms with Gasteiger partial charge in [-0.2, -0.15) is 0 Å². The summed E-state index contributed by atoms with van der Waals surface area (Å²) in [7, 11) is 3.55. The van der Waals surface area contributed by atoms with Gasteiger partial charge < -0.3 is 19.1 Å². The number of methoxy groups -OCH3 is 1. The Morgan fingerprint density at radius 3 is 2.46 bits per heavy atom. The predicted molar refractivity (Wildman–Crippen MR) is 102 cm³/mol. The highest BCUT2D eigenvalue weighted by atomic mass is 32.2. The molecule has 136 valence electrons. The average molecular weight is 371 g/mol. The molecule has 0 aliphatic rings. The van der Waals surface area contributed by atoms with Crippen LogP contribution in [0.4, 0.5) is 0 Å². The molecule has 3 aromatic rings. The molecule has 1 atom stereocenters. The number of rotatable bonds is 8. The van der Waals surface area contributed by atoms with Gasteiger partial charge in [0.25, 0.3) is 0 Å². The Kier molecular flexibility index (Phi) is 6.14. The monoisotopic (exact) mass is 371 g/mol. The number of nitrogens with zero attached hydrogens (tertiary/aromatic N) is 3. The summed E-state index contributed by atoms with van der Waals surface area (Å²) in [6, 6.07) is 17.1. The van der Waals surface area contributed by atoms with E-state index < -0.39 is 6.10 Å². The minimum atomic E-state index is -0.596. The number of hydrogen-bond acceptors (Lipinski definition) is 6. The minimum Gasteiger partial charge on any atom is -0.497 e. The normalized spacial score (nSPS) is 12.0. The van der Waals surface area contributed by atoms with Crippen molar-refractivity contribution in [2.24, 2.45) is 7.05 Å². The summed E-state index contributed by atoms with van der Waals surface area (Å²) in [6.07, 6.45) is -0.596. The first-order valence-corrected chi connectivity index (χ1v) is 9.18. The number of aliphatic hydroxyl groups is 1. The van der Waals surface area contributed by atoms with E-state index >= 15 is 0 Å². The van der Waals surface area contributed by atoms with Crippen molar-refractivity contribution in [3.63, 3.8) is 0 Å². The first-order valence-electron chi connectivity index (χ1n) is 8.20. The molecule has 0 saturated heterocycles. The molecule has 0 amide bonds. The Morgan fingerprint density at radius 2 is 1.77 bits per heavy atom. The zero-order valence-electron chi connectivity index (χ0n) is 14.7. The third-order valence-corrected chi connectivity index (χ3v) is 4.94. The zero-order valence-corrected chi connectivity index (χ0v) is 15.5. The number of hydrogen-bond donors (Lipinski definition) is 1. The lowest BCUT2D eigenvalue weighted by Gasteiger charge is -2.11. The molecular formula is C19H21N3O3S. The van der Waals surface area contributed by atoms with Crippen LogP contribution in [0.15, 0.2) is 59.8 Å². The van der Waals surface area contributed by atoms with Crippen LogP contribution < -0.4 is 9.47 Å². The highest BCUT2D eigenvalue weighted by Crippen LogP contribution is 2.24. The minimum absolute atomic E-state index is 0.236. The smallest absolute Gasteiger partial charge is 0.191 e. The fourth-order valence-corrected chi connectivity index (χ4v) is 3.18. The van der Waals surface area contributed by atoms with Crippen molar-refractivity contribution in [2.75, 3.05) is 19.5 Å². The lowest BCUT2D eigenvalue weighted by molar-refractivity contribution is 0.126. The summed E-state index contributed by atoms with van der Waals surface area (Å²) in [5.74, 6) is 2.79. The van der Waals surface area contributed by atoms with Gasteiger partial charge in [-0.3, -0.25) is 0 Å². The third-order valence-electron chi connectivity index (χ3n) is 3.77. The Labute approximate surface area is 156 Å². The van der Waals surface area contributed by atoms with Gasteiger partial charge in [-0.05, 0) is 36.4 Å². The number of thioether (sulfide) groups is 1. The molecule has 0 aliphatic heterocycles. The van der Waals surface area contributed by atoms with Crippen LogP contribution in [0.5, 0.6) is 11.5 Å². The van der Waals surface area contributed by atoms with Crippen LogP contribution in [0.25, 0.3) is 11.4 Å². The molecule has 0 spiro atoms. The standard InChI is InChI=1S/C19H21N3O3S/c1-22-18(14-8-10-16(24-2)11-9-14)20-21-19(22)26-13-15(23)12-25-17-6-4-3-5-7-17/h3-11,15,23H,12-13H2,1-2H3. The van der Waals surface area contributed by atoms with Crippen LogP contribution in [-0.2, 0) is 7.05 Å². The van der Waals surface area contributed by atoms with Gasteiger partial charge in [-0.15, -0.1) is 10.2 Å². The van der Waals surface area contributed by atoms with Crippen molar-refractivity contribution in [2.45, 2.75) is 11.3 Å². The van der Waals surface area contributed by atoms with Crippen LogP contribution in [0.2, 0.25) is 0 Å². The van der Waals surface area contributed by atoms with Crippen LogP contribution in [0.1, 0.15) is 0 Å². The topological polar surface area (TPSA) is 69.4 Å². The second kappa shape index (κ2) is 8.73. The van der Waals surface area contributed by atoms with E-state index in [1.807, 2.05) is 66.2 Å². The Bertz CT molecular complexity index is 822. The molecule has 26 heavy (non-hydrogen) atoms. The van der Waals surface area contributed by atoms with E-state index in [4.69, 9.17) is 9.47 Å². The van der Waals surface area contributed by atoms with Gasteiger partial charge in [0.15, 0.2) is 11.0 Å². The van der Waals surface area contributed by atoms with Gasteiger partial charge in [-0.25, -0.2) is 0 Å². The molecule has 0 radical (unpaired) electrons. The van der Waals surface area contributed by atoms with Gasteiger partial charge in [0.1, 0.15) is 18.1 Å². The first kappa shape index (κ1) is 18.3. The quantitative estimate of drug-likeness (QED) is 0.614. The molecule has 7 heteroatoms. The first-order chi connectivity index (χ1) is 12.7. The van der Waals surface area contributed by atoms with Crippen molar-refractivity contribution < 1.29 is 14.6 Å². The molecule has 6 nitrogen and oxygen atoms in total. The van der Waals surface area contributed by atoms with Gasteiger partial charge in [0, 0.05) is 18.4 Å². The second-order valence-electron chi connectivity index (χ2n) is 5.68. The maximum Gasteiger partial charge on any atom is 0.191 e. The van der Waals surface area contributed by atoms with E-state index in [0.29, 0.717) is 5.75 Å². The Morgan fingerprint density at radius 1 is 1.04 bits per heavy atom. The predicted octanol–water partition coefficient (Wildman–Crippen LogP) is 3.02. The molecule has 1 heterocycles. The van der Waals surface area contributed by atoms with Crippen molar-refractivity contribution in [1.29, 1.82) is 0 Å². The van der Waals surface area contributed by atoms with Crippen LogP contribution >= 0.6 is 11.8 Å². The van der Waals surface area contributed by atoms with Crippen molar-refractivity contribution in [1.82, 2.24) is 14.8 Å². The maximum absolute atomic E-state index is 10.1. The number of aromatic nitrogens is 3. The molecule has 3 rings (SSSR count). The van der Waals surface area contributed by atoms with Gasteiger partial charge >= 0.3 is 0 Å². The van der Waals surface area contributed by atoms with Gasteiger partial charge in [0.2, 0.25) is 0 Å². The molecule has 0 aliphatic carbocycles. The summed E-state index contributed by atoms with van der Waals surface area (Å²) in [6.45, 7) is 0.236. The summed E-state index contributed by atoms with van der Waals surface area (Å²) in [4.78, 5) is 0. The molecule has 0 bridgehead atoms. The van der Waals surface area contributed by atoms with Crippen LogP contribution in [0, 0.1) is 0 Å². The largest absolute Gasteiger partial charge is 0.497 e. The maximum atomic E-state index is 10.1. The molecule has 0 saturated carbocycles. The lowest BCUT2D eigenvalue weighted by atomic mass is 10.2. The molecule has 2 aromatic carbocycles. The van der Waals surface area contributed by atoms with Crippen LogP contribution in [0.3, 0.4) is 0 Å². The van der Waals surface area contributed by atoms with E-state index in [2.05, 4.69) is 10.2 Å². The van der Waals surface area contributed by atoms with E-state index in [0.717, 1.165) is 28.0 Å². The fraction of sp³-hybridized carbons (Fsp3) is 0.263. The average Bonchev–Trinajstić information content (AvgIpc) is 3.06. The van der Waals surface area contributed by atoms with E-state index in [9.17, 15) is 5.11 Å². The SMILES string of the molecule is COc1ccc(-c2nnc(SCC(O)COc3ccccc3)n2C)cc1. The summed E-state index contributed by atoms with van der Waals surface area (Å²) < 4.78 is 12.7. The second-order valence-corrected chi connectivity index (χ2v) is 6.67. The summed E-state index contributed by atoms with van der Waals surface area (Å²) in [5, 5.41) is 19.3. The number of ether oxygens (including phenoxy) is 2. The fourth-order valence-electron chi connectivity index (χ4n) is 2.36. The van der Waals surface area contributed by atoms with E-state index in [-0.39, 0.29) is 6.61 Å². The Hall–Kier alpha value is -2.51. The van der Waals surface area contributed by atoms with Crippen LogP contribution in [-0.4, -0.2) is 45.4 Å². The number of aliphatic hydroxyl groups excluding tert-OH is 1. The molecule has 1 aromatic heterocycles. The van der Waals surface area contributed by atoms with Crippen molar-refractivity contribution >= 4 is 11.8 Å². The van der Waals surface area contributed by atoms with Crippen molar-refractivity contribution in [3.05, 3.63) is 54.6 Å². The highest BCUT2D eigenvalue weighted by Gasteiger charge is 2.14. The Balaban J connectivity index is 1.56. The summed E-state index contributed by atoms with van der Waals surface area (Å²) >= 11 is 1.45. The summed E-state index contributed by atoms with van der Waals surface area (Å²) in [5.41, 5.74) is 0.959.